The molecule has 0 radical (unpaired) electrons. The maximum absolute atomic E-state index is 4.89. The minimum absolute atomic E-state index is 0.0611. The third-order valence-corrected chi connectivity index (χ3v) is 15.2. The third kappa shape index (κ3) is 9.90. The molecule has 4 aromatic rings. The first kappa shape index (κ1) is 33.7. The van der Waals surface area contributed by atoms with Gasteiger partial charge in [-0.1, -0.05) is 93.2 Å². The van der Waals surface area contributed by atoms with Gasteiger partial charge in [0, 0.05) is 0 Å². The Morgan fingerprint density at radius 1 is 0.659 bits per heavy atom. The van der Waals surface area contributed by atoms with Crippen LogP contribution in [0.3, 0.4) is 0 Å². The van der Waals surface area contributed by atoms with Crippen molar-refractivity contribution >= 4 is 66.6 Å². The molecule has 0 unspecified atom stereocenters. The van der Waals surface area contributed by atoms with Crippen LogP contribution in [0.15, 0.2) is 72.8 Å². The van der Waals surface area contributed by atoms with Crippen molar-refractivity contribution in [1.29, 1.82) is 0 Å². The van der Waals surface area contributed by atoms with Crippen molar-refractivity contribution in [2.45, 2.75) is 102 Å². The number of benzene rings is 2. The summed E-state index contributed by atoms with van der Waals surface area (Å²) in [6, 6.07) is 27.6. The van der Waals surface area contributed by atoms with Crippen LogP contribution < -0.4 is 10.6 Å². The van der Waals surface area contributed by atoms with Gasteiger partial charge in [0.05, 0.1) is 0 Å². The van der Waals surface area contributed by atoms with E-state index in [9.17, 15) is 0 Å². The topological polar surface area (TPSA) is 0 Å². The molecule has 0 bridgehead atoms. The molecule has 0 saturated heterocycles. The van der Waals surface area contributed by atoms with Crippen LogP contribution in [-0.2, 0) is 17.0 Å². The smallest absolute Gasteiger partial charge is 0.0181 e. The van der Waals surface area contributed by atoms with Gasteiger partial charge >= 0.3 is 35.6 Å². The molecule has 0 heterocycles. The molecule has 0 spiro atoms. The molecule has 2 aliphatic carbocycles. The molecular formula is C36H48Cl2P2Ti-2. The number of halogens is 2. The minimum atomic E-state index is -0.556. The SMILES string of the molecule is CCCP(CCC)c1cc2ccccc2[cH-]1.[Cl][Ti][Cl].c1ccc2[cH-]c(P(C3CCCCC3)C3CCCCC3)cc2c1. The molecule has 0 aliphatic heterocycles. The Morgan fingerprint density at radius 3 is 1.51 bits per heavy atom. The number of hydrogen-bond acceptors (Lipinski definition) is 0. The van der Waals surface area contributed by atoms with E-state index in [1.54, 1.807) is 10.6 Å². The van der Waals surface area contributed by atoms with E-state index in [0.717, 1.165) is 11.3 Å². The Morgan fingerprint density at radius 2 is 1.07 bits per heavy atom. The predicted octanol–water partition coefficient (Wildman–Crippen LogP) is 12.2. The van der Waals surface area contributed by atoms with Gasteiger partial charge in [-0.25, -0.2) is 0 Å². The average Bonchev–Trinajstić information content (AvgIpc) is 3.64. The Labute approximate surface area is 269 Å². The van der Waals surface area contributed by atoms with E-state index in [1.165, 1.54) is 111 Å². The third-order valence-electron chi connectivity index (χ3n) is 8.79. The largest absolute Gasteiger partial charge is 0.161 e. The van der Waals surface area contributed by atoms with Gasteiger partial charge in [-0.3, -0.25) is 0 Å². The average molecular weight is 662 g/mol. The van der Waals surface area contributed by atoms with Gasteiger partial charge in [-0.05, 0) is 49.3 Å². The molecule has 41 heavy (non-hydrogen) atoms. The zero-order valence-electron chi connectivity index (χ0n) is 25.1. The van der Waals surface area contributed by atoms with E-state index in [-0.39, 0.29) is 15.8 Å². The van der Waals surface area contributed by atoms with Crippen molar-refractivity contribution in [3.63, 3.8) is 0 Å². The summed E-state index contributed by atoms with van der Waals surface area (Å²) in [6.45, 7) is 4.60. The Balaban J connectivity index is 0.000000180. The fourth-order valence-electron chi connectivity index (χ4n) is 6.95. The zero-order chi connectivity index (χ0) is 28.9. The fraction of sp³-hybridized carbons (Fsp3) is 0.500. The first-order valence-electron chi connectivity index (χ1n) is 16.0. The zero-order valence-corrected chi connectivity index (χ0v) is 30.0. The van der Waals surface area contributed by atoms with Gasteiger partial charge in [0.25, 0.3) is 0 Å². The normalized spacial score (nSPS) is 16.4. The predicted molar refractivity (Wildman–Crippen MR) is 188 cm³/mol. The van der Waals surface area contributed by atoms with Crippen LogP contribution in [0.1, 0.15) is 90.9 Å². The Kier molecular flexibility index (Phi) is 15.3. The monoisotopic (exact) mass is 660 g/mol. The fourth-order valence-corrected chi connectivity index (χ4v) is 13.3. The summed E-state index contributed by atoms with van der Waals surface area (Å²) in [5.41, 5.74) is 2.03. The summed E-state index contributed by atoms with van der Waals surface area (Å²) in [6.07, 6.45) is 20.3. The first-order valence-corrected chi connectivity index (χ1v) is 23.5. The molecule has 0 N–H and O–H groups in total. The van der Waals surface area contributed by atoms with Crippen LogP contribution in [0.5, 0.6) is 0 Å². The molecule has 0 aromatic heterocycles. The maximum atomic E-state index is 4.89. The van der Waals surface area contributed by atoms with Crippen molar-refractivity contribution in [3.05, 3.63) is 72.8 Å². The van der Waals surface area contributed by atoms with E-state index in [4.69, 9.17) is 18.6 Å². The Hall–Kier alpha value is -0.186. The molecule has 2 saturated carbocycles. The van der Waals surface area contributed by atoms with Crippen LogP contribution in [-0.4, -0.2) is 23.6 Å². The van der Waals surface area contributed by atoms with Gasteiger partial charge in [0.2, 0.25) is 0 Å². The van der Waals surface area contributed by atoms with E-state index >= 15 is 0 Å². The van der Waals surface area contributed by atoms with Crippen LogP contribution in [0.4, 0.5) is 0 Å². The van der Waals surface area contributed by atoms with Crippen molar-refractivity contribution < 1.29 is 17.0 Å². The van der Waals surface area contributed by atoms with Gasteiger partial charge in [0.1, 0.15) is 0 Å². The molecule has 2 fully saturated rings. The molecule has 6 rings (SSSR count). The number of rotatable bonds is 8. The van der Waals surface area contributed by atoms with Crippen LogP contribution >= 0.6 is 34.5 Å². The van der Waals surface area contributed by atoms with Crippen molar-refractivity contribution in [2.24, 2.45) is 0 Å². The van der Waals surface area contributed by atoms with Gasteiger partial charge in [-0.2, -0.15) is 12.1 Å². The molecule has 0 amide bonds. The standard InChI is InChI=1S/C21H28P.C15H20P.2ClH.Ti/c1-3-11-19(12-4-1)22(20-13-5-2-6-14-20)21-15-17-9-7-8-10-18(17)16-21;1-3-9-16(10-4-2)15-11-13-7-5-6-8-14(13)12-15;;;/h7-10,15-16,19-20H,1-6,11-14H2;5-8,11-12H,3-4,9-10H2,1-2H3;2*1H;/q2*-1;;;+2/p-2. The molecular weight excluding hydrogens is 613 g/mol. The van der Waals surface area contributed by atoms with Gasteiger partial charge in [0.15, 0.2) is 0 Å². The summed E-state index contributed by atoms with van der Waals surface area (Å²) in [5.74, 6) is 0. The maximum Gasteiger partial charge on any atom is -0.0181 e. The van der Waals surface area contributed by atoms with Crippen molar-refractivity contribution in [2.75, 3.05) is 12.3 Å². The molecule has 0 nitrogen and oxygen atoms in total. The second-order valence-corrected chi connectivity index (χ2v) is 19.6. The van der Waals surface area contributed by atoms with E-state index in [2.05, 4.69) is 86.6 Å². The summed E-state index contributed by atoms with van der Waals surface area (Å²) < 4.78 is 0. The summed E-state index contributed by atoms with van der Waals surface area (Å²) in [7, 11) is 9.94. The van der Waals surface area contributed by atoms with Crippen LogP contribution in [0, 0.1) is 0 Å². The van der Waals surface area contributed by atoms with E-state index < -0.39 is 17.0 Å². The summed E-state index contributed by atoms with van der Waals surface area (Å²) >= 11 is -0.556. The van der Waals surface area contributed by atoms with E-state index in [1.807, 2.05) is 0 Å². The molecule has 222 valence electrons. The number of hydrogen-bond donors (Lipinski definition) is 0. The number of fused-ring (bicyclic) bond motifs is 2. The van der Waals surface area contributed by atoms with Crippen LogP contribution in [0.2, 0.25) is 0 Å². The molecule has 0 atom stereocenters. The second kappa shape index (κ2) is 18.6. The minimum Gasteiger partial charge on any atom is -0.161 e. The molecule has 5 heteroatoms. The van der Waals surface area contributed by atoms with Gasteiger partial charge in [-0.15, -0.1) is 80.7 Å². The van der Waals surface area contributed by atoms with E-state index in [0.29, 0.717) is 0 Å². The quantitative estimate of drug-likeness (QED) is 0.100. The van der Waals surface area contributed by atoms with Gasteiger partial charge < -0.3 is 0 Å². The molecule has 4 aromatic carbocycles. The summed E-state index contributed by atoms with van der Waals surface area (Å²) in [4.78, 5) is 0. The second-order valence-electron chi connectivity index (χ2n) is 11.7. The van der Waals surface area contributed by atoms with Crippen molar-refractivity contribution in [1.82, 2.24) is 0 Å². The first-order chi connectivity index (χ1) is 20.2. The molecule has 2 aliphatic rings. The Bertz CT molecular complexity index is 1180. The summed E-state index contributed by atoms with van der Waals surface area (Å²) in [5, 5.41) is 9.11. The van der Waals surface area contributed by atoms with Crippen molar-refractivity contribution in [3.8, 4) is 0 Å². The van der Waals surface area contributed by atoms with Crippen LogP contribution in [0.25, 0.3) is 21.5 Å².